The highest BCUT2D eigenvalue weighted by Gasteiger charge is 2.41. The lowest BCUT2D eigenvalue weighted by molar-refractivity contribution is 0.0640. The largest absolute Gasteiger partial charge is 0.378 e. The molecule has 2 rings (SSSR count). The average molecular weight is 288 g/mol. The number of hydrogen-bond donors (Lipinski definition) is 1. The van der Waals surface area contributed by atoms with Crippen LogP contribution in [0.25, 0.3) is 0 Å². The molecular weight excluding hydrogens is 269 g/mol. The van der Waals surface area contributed by atoms with Crippen LogP contribution in [0.3, 0.4) is 0 Å². The van der Waals surface area contributed by atoms with E-state index in [0.29, 0.717) is 5.02 Å². The lowest BCUT2D eigenvalue weighted by Crippen LogP contribution is -2.40. The summed E-state index contributed by atoms with van der Waals surface area (Å²) in [4.78, 5) is 0. The van der Waals surface area contributed by atoms with Crippen molar-refractivity contribution < 1.29 is 4.74 Å². The van der Waals surface area contributed by atoms with Crippen LogP contribution in [0.2, 0.25) is 10.0 Å². The van der Waals surface area contributed by atoms with Crippen molar-refractivity contribution in [3.63, 3.8) is 0 Å². The van der Waals surface area contributed by atoms with Gasteiger partial charge in [-0.3, -0.25) is 0 Å². The molecule has 1 saturated heterocycles. The molecule has 1 fully saturated rings. The van der Waals surface area contributed by atoms with Gasteiger partial charge in [0.2, 0.25) is 0 Å². The third-order valence-corrected chi connectivity index (χ3v) is 4.50. The van der Waals surface area contributed by atoms with Crippen LogP contribution in [0, 0.1) is 5.41 Å². The zero-order chi connectivity index (χ0) is 13.2. The lowest BCUT2D eigenvalue weighted by Gasteiger charge is -2.32. The second-order valence-electron chi connectivity index (χ2n) is 5.07. The number of benzene rings is 1. The molecule has 0 amide bonds. The van der Waals surface area contributed by atoms with Gasteiger partial charge in [0.25, 0.3) is 0 Å². The zero-order valence-corrected chi connectivity index (χ0v) is 12.3. The summed E-state index contributed by atoms with van der Waals surface area (Å²) in [5.74, 6) is 0. The zero-order valence-electron chi connectivity index (χ0n) is 10.8. The standard InChI is InChI=1S/C14H19Cl2NO/c1-10-14(9-17-2,5-6-18-10)8-11-3-4-12(15)7-13(11)16/h3-4,7,10,17H,5-6,8-9H2,1-2H3. The maximum absolute atomic E-state index is 6.27. The Morgan fingerprint density at radius 2 is 2.22 bits per heavy atom. The van der Waals surface area contributed by atoms with Crippen LogP contribution in [0.15, 0.2) is 18.2 Å². The highest BCUT2D eigenvalue weighted by atomic mass is 35.5. The van der Waals surface area contributed by atoms with Gasteiger partial charge < -0.3 is 10.1 Å². The summed E-state index contributed by atoms with van der Waals surface area (Å²) in [6, 6.07) is 5.73. The van der Waals surface area contributed by atoms with Gasteiger partial charge in [0.15, 0.2) is 0 Å². The van der Waals surface area contributed by atoms with Crippen molar-refractivity contribution in [2.45, 2.75) is 25.9 Å². The van der Waals surface area contributed by atoms with Gasteiger partial charge in [0.05, 0.1) is 6.10 Å². The van der Waals surface area contributed by atoms with E-state index < -0.39 is 0 Å². The Bertz CT molecular complexity index is 424. The summed E-state index contributed by atoms with van der Waals surface area (Å²) < 4.78 is 5.75. The Hall–Kier alpha value is -0.280. The van der Waals surface area contributed by atoms with E-state index in [2.05, 4.69) is 12.2 Å². The fourth-order valence-corrected chi connectivity index (χ4v) is 3.22. The van der Waals surface area contributed by atoms with Crippen LogP contribution in [0.5, 0.6) is 0 Å². The molecule has 2 atom stereocenters. The SMILES string of the molecule is CNCC1(Cc2ccc(Cl)cc2Cl)CCOC1C. The predicted octanol–water partition coefficient (Wildman–Crippen LogP) is 3.55. The molecule has 0 spiro atoms. The van der Waals surface area contributed by atoms with E-state index in [9.17, 15) is 0 Å². The number of halogens is 2. The molecule has 0 bridgehead atoms. The Kier molecular flexibility index (Phi) is 4.54. The molecule has 0 aliphatic carbocycles. The number of ether oxygens (including phenoxy) is 1. The molecule has 1 aliphatic rings. The van der Waals surface area contributed by atoms with Crippen LogP contribution >= 0.6 is 23.2 Å². The van der Waals surface area contributed by atoms with Crippen molar-refractivity contribution >= 4 is 23.2 Å². The summed E-state index contributed by atoms with van der Waals surface area (Å²) in [5, 5.41) is 4.71. The van der Waals surface area contributed by atoms with Gasteiger partial charge in [-0.25, -0.2) is 0 Å². The Morgan fingerprint density at radius 1 is 1.44 bits per heavy atom. The van der Waals surface area contributed by atoms with E-state index in [1.165, 1.54) is 0 Å². The molecule has 1 aliphatic heterocycles. The molecule has 1 aromatic rings. The first-order valence-corrected chi connectivity index (χ1v) is 7.03. The smallest absolute Gasteiger partial charge is 0.0619 e. The molecule has 2 nitrogen and oxygen atoms in total. The van der Waals surface area contributed by atoms with E-state index in [1.54, 1.807) is 0 Å². The minimum Gasteiger partial charge on any atom is -0.378 e. The molecule has 100 valence electrons. The lowest BCUT2D eigenvalue weighted by atomic mass is 9.76. The molecular formula is C14H19Cl2NO. The second kappa shape index (κ2) is 5.79. The maximum Gasteiger partial charge on any atom is 0.0619 e. The Labute approximate surface area is 119 Å². The van der Waals surface area contributed by atoms with Crippen molar-refractivity contribution in [3.05, 3.63) is 33.8 Å². The van der Waals surface area contributed by atoms with Gasteiger partial charge in [0.1, 0.15) is 0 Å². The van der Waals surface area contributed by atoms with Gasteiger partial charge in [-0.1, -0.05) is 29.3 Å². The number of rotatable bonds is 4. The van der Waals surface area contributed by atoms with E-state index >= 15 is 0 Å². The molecule has 1 heterocycles. The van der Waals surface area contributed by atoms with E-state index in [0.717, 1.165) is 36.6 Å². The van der Waals surface area contributed by atoms with Crippen LogP contribution in [-0.4, -0.2) is 26.3 Å². The summed E-state index contributed by atoms with van der Waals surface area (Å²) in [6.45, 7) is 3.91. The predicted molar refractivity (Wildman–Crippen MR) is 76.6 cm³/mol. The summed E-state index contributed by atoms with van der Waals surface area (Å²) >= 11 is 12.2. The van der Waals surface area contributed by atoms with Crippen molar-refractivity contribution in [2.75, 3.05) is 20.2 Å². The summed E-state index contributed by atoms with van der Waals surface area (Å²) in [5.41, 5.74) is 1.28. The van der Waals surface area contributed by atoms with Crippen molar-refractivity contribution in [1.29, 1.82) is 0 Å². The first-order chi connectivity index (χ1) is 8.57. The molecule has 1 N–H and O–H groups in total. The quantitative estimate of drug-likeness (QED) is 0.914. The van der Waals surface area contributed by atoms with Crippen LogP contribution in [0.1, 0.15) is 18.9 Å². The van der Waals surface area contributed by atoms with Crippen molar-refractivity contribution in [2.24, 2.45) is 5.41 Å². The summed E-state index contributed by atoms with van der Waals surface area (Å²) in [7, 11) is 1.98. The van der Waals surface area contributed by atoms with Crippen LogP contribution in [0.4, 0.5) is 0 Å². The number of hydrogen-bond acceptors (Lipinski definition) is 2. The topological polar surface area (TPSA) is 21.3 Å². The normalized spacial score (nSPS) is 27.7. The van der Waals surface area contributed by atoms with Gasteiger partial charge in [-0.15, -0.1) is 0 Å². The first-order valence-electron chi connectivity index (χ1n) is 6.27. The average Bonchev–Trinajstić information content (AvgIpc) is 2.65. The van der Waals surface area contributed by atoms with Crippen LogP contribution in [-0.2, 0) is 11.2 Å². The second-order valence-corrected chi connectivity index (χ2v) is 5.91. The van der Waals surface area contributed by atoms with E-state index in [-0.39, 0.29) is 11.5 Å². The molecule has 18 heavy (non-hydrogen) atoms. The minimum absolute atomic E-state index is 0.131. The Morgan fingerprint density at radius 3 is 2.78 bits per heavy atom. The first kappa shape index (κ1) is 14.1. The third-order valence-electron chi connectivity index (χ3n) is 3.92. The molecule has 2 unspecified atom stereocenters. The van der Waals surface area contributed by atoms with Crippen molar-refractivity contribution in [3.8, 4) is 0 Å². The van der Waals surface area contributed by atoms with Gasteiger partial charge in [0, 0.05) is 28.6 Å². The van der Waals surface area contributed by atoms with Gasteiger partial charge >= 0.3 is 0 Å². The monoisotopic (exact) mass is 287 g/mol. The van der Waals surface area contributed by atoms with E-state index in [4.69, 9.17) is 27.9 Å². The highest BCUT2D eigenvalue weighted by molar-refractivity contribution is 6.35. The molecule has 0 radical (unpaired) electrons. The highest BCUT2D eigenvalue weighted by Crippen LogP contribution is 2.39. The van der Waals surface area contributed by atoms with Crippen LogP contribution < -0.4 is 5.32 Å². The third kappa shape index (κ3) is 2.83. The summed E-state index contributed by atoms with van der Waals surface area (Å²) in [6.07, 6.45) is 2.23. The molecule has 4 heteroatoms. The van der Waals surface area contributed by atoms with Crippen molar-refractivity contribution in [1.82, 2.24) is 5.32 Å². The fourth-order valence-electron chi connectivity index (χ4n) is 2.74. The molecule has 0 saturated carbocycles. The van der Waals surface area contributed by atoms with Gasteiger partial charge in [-0.2, -0.15) is 0 Å². The van der Waals surface area contributed by atoms with Gasteiger partial charge in [-0.05, 0) is 44.5 Å². The fraction of sp³-hybridized carbons (Fsp3) is 0.571. The maximum atomic E-state index is 6.27. The number of nitrogens with one attached hydrogen (secondary N) is 1. The Balaban J connectivity index is 2.23. The minimum atomic E-state index is 0.131. The molecule has 0 aromatic heterocycles. The molecule has 1 aromatic carbocycles. The van der Waals surface area contributed by atoms with E-state index in [1.807, 2.05) is 25.2 Å².